The summed E-state index contributed by atoms with van der Waals surface area (Å²) in [5.41, 5.74) is 7.77. The normalized spacial score (nSPS) is 11.5. The van der Waals surface area contributed by atoms with Gasteiger partial charge in [0.2, 0.25) is 11.8 Å². The number of pyridine rings is 1. The van der Waals surface area contributed by atoms with Crippen molar-refractivity contribution in [1.82, 2.24) is 19.7 Å². The molecule has 0 bridgehead atoms. The van der Waals surface area contributed by atoms with Gasteiger partial charge in [0.1, 0.15) is 11.4 Å². The van der Waals surface area contributed by atoms with Crippen LogP contribution in [0.3, 0.4) is 0 Å². The fourth-order valence-corrected chi connectivity index (χ4v) is 2.12. The van der Waals surface area contributed by atoms with Gasteiger partial charge in [0, 0.05) is 6.20 Å². The summed E-state index contributed by atoms with van der Waals surface area (Å²) >= 11 is 0. The van der Waals surface area contributed by atoms with Gasteiger partial charge in [0.25, 0.3) is 0 Å². The van der Waals surface area contributed by atoms with Crippen molar-refractivity contribution in [3.8, 4) is 23.0 Å². The van der Waals surface area contributed by atoms with E-state index >= 15 is 0 Å². The molecule has 0 fully saturated rings. The zero-order chi connectivity index (χ0) is 17.3. The molecule has 0 aliphatic carbocycles. The standard InChI is InChI=1S/C15H12F3N5O/c1-9-3-2-8-20-12(9)13-21-14(19)23(22-13)10-4-6-11(7-5-10)24-15(16,17)18/h2-8H,1H3,(H2,19,21,22). The molecular weight excluding hydrogens is 323 g/mol. The highest BCUT2D eigenvalue weighted by Gasteiger charge is 2.31. The summed E-state index contributed by atoms with van der Waals surface area (Å²) in [6.07, 6.45) is -3.13. The van der Waals surface area contributed by atoms with Crippen LogP contribution in [0.4, 0.5) is 19.1 Å². The molecule has 0 amide bonds. The van der Waals surface area contributed by atoms with Crippen LogP contribution >= 0.6 is 0 Å². The minimum atomic E-state index is -4.74. The zero-order valence-electron chi connectivity index (χ0n) is 12.4. The quantitative estimate of drug-likeness (QED) is 0.795. The molecule has 0 aliphatic heterocycles. The van der Waals surface area contributed by atoms with E-state index in [4.69, 9.17) is 5.73 Å². The molecule has 0 spiro atoms. The monoisotopic (exact) mass is 335 g/mol. The molecule has 0 saturated heterocycles. The van der Waals surface area contributed by atoms with Crippen LogP contribution in [-0.4, -0.2) is 26.1 Å². The highest BCUT2D eigenvalue weighted by Crippen LogP contribution is 2.25. The Morgan fingerprint density at radius 2 is 1.83 bits per heavy atom. The predicted molar refractivity (Wildman–Crippen MR) is 80.4 cm³/mol. The van der Waals surface area contributed by atoms with Crippen molar-refractivity contribution in [3.05, 3.63) is 48.2 Å². The van der Waals surface area contributed by atoms with Crippen molar-refractivity contribution in [3.63, 3.8) is 0 Å². The number of hydrogen-bond acceptors (Lipinski definition) is 5. The van der Waals surface area contributed by atoms with E-state index in [0.717, 1.165) is 5.56 Å². The number of aromatic nitrogens is 4. The van der Waals surface area contributed by atoms with Crippen LogP contribution in [0.5, 0.6) is 5.75 Å². The third kappa shape index (κ3) is 3.29. The first-order valence-corrected chi connectivity index (χ1v) is 6.84. The van der Waals surface area contributed by atoms with E-state index in [1.165, 1.54) is 28.9 Å². The zero-order valence-corrected chi connectivity index (χ0v) is 12.4. The minimum absolute atomic E-state index is 0.0968. The summed E-state index contributed by atoms with van der Waals surface area (Å²) in [4.78, 5) is 8.37. The summed E-state index contributed by atoms with van der Waals surface area (Å²) in [7, 11) is 0. The lowest BCUT2D eigenvalue weighted by atomic mass is 10.2. The Morgan fingerprint density at radius 3 is 2.46 bits per heavy atom. The maximum Gasteiger partial charge on any atom is 0.573 e. The number of anilines is 1. The van der Waals surface area contributed by atoms with Gasteiger partial charge in [-0.2, -0.15) is 9.67 Å². The first kappa shape index (κ1) is 15.8. The molecule has 1 aromatic carbocycles. The fraction of sp³-hybridized carbons (Fsp3) is 0.133. The van der Waals surface area contributed by atoms with Crippen LogP contribution in [-0.2, 0) is 0 Å². The summed E-state index contributed by atoms with van der Waals surface area (Å²) in [6, 6.07) is 8.81. The van der Waals surface area contributed by atoms with E-state index in [0.29, 0.717) is 17.2 Å². The Balaban J connectivity index is 1.92. The van der Waals surface area contributed by atoms with Gasteiger partial charge in [0.15, 0.2) is 0 Å². The number of nitrogens with two attached hydrogens (primary N) is 1. The third-order valence-electron chi connectivity index (χ3n) is 3.17. The summed E-state index contributed by atoms with van der Waals surface area (Å²) < 4.78 is 41.7. The van der Waals surface area contributed by atoms with Gasteiger partial charge in [-0.05, 0) is 42.8 Å². The summed E-state index contributed by atoms with van der Waals surface area (Å²) in [6.45, 7) is 1.86. The van der Waals surface area contributed by atoms with Crippen LogP contribution < -0.4 is 10.5 Å². The molecule has 0 radical (unpaired) electrons. The van der Waals surface area contributed by atoms with Crippen molar-refractivity contribution >= 4 is 5.95 Å². The number of nitrogens with zero attached hydrogens (tertiary/aromatic N) is 4. The average Bonchev–Trinajstić information content (AvgIpc) is 2.89. The van der Waals surface area contributed by atoms with Gasteiger partial charge < -0.3 is 10.5 Å². The first-order valence-electron chi connectivity index (χ1n) is 6.84. The van der Waals surface area contributed by atoms with Crippen LogP contribution in [0, 0.1) is 6.92 Å². The lowest BCUT2D eigenvalue weighted by Crippen LogP contribution is -2.17. The molecule has 3 rings (SSSR count). The molecule has 0 saturated carbocycles. The number of halogens is 3. The average molecular weight is 335 g/mol. The van der Waals surface area contributed by atoms with E-state index < -0.39 is 6.36 Å². The van der Waals surface area contributed by atoms with Crippen molar-refractivity contribution in [2.24, 2.45) is 0 Å². The topological polar surface area (TPSA) is 78.8 Å². The van der Waals surface area contributed by atoms with Crippen LogP contribution in [0.15, 0.2) is 42.6 Å². The molecule has 24 heavy (non-hydrogen) atoms. The highest BCUT2D eigenvalue weighted by molar-refractivity contribution is 5.56. The molecule has 0 unspecified atom stereocenters. The van der Waals surface area contributed by atoms with Gasteiger partial charge in [-0.25, -0.2) is 0 Å². The lowest BCUT2D eigenvalue weighted by molar-refractivity contribution is -0.274. The molecule has 0 atom stereocenters. The SMILES string of the molecule is Cc1cccnc1-c1nc(N)n(-c2ccc(OC(F)(F)F)cc2)n1. The molecule has 3 aromatic rings. The van der Waals surface area contributed by atoms with E-state index in [2.05, 4.69) is 19.8 Å². The highest BCUT2D eigenvalue weighted by atomic mass is 19.4. The van der Waals surface area contributed by atoms with E-state index in [1.807, 2.05) is 13.0 Å². The number of hydrogen-bond donors (Lipinski definition) is 1. The second kappa shape index (κ2) is 5.84. The maximum atomic E-state index is 12.2. The largest absolute Gasteiger partial charge is 0.573 e. The summed E-state index contributed by atoms with van der Waals surface area (Å²) in [5.74, 6) is 0.103. The Labute approximate surface area is 134 Å². The van der Waals surface area contributed by atoms with E-state index in [9.17, 15) is 13.2 Å². The Bertz CT molecular complexity index is 858. The Kier molecular flexibility index (Phi) is 3.84. The van der Waals surface area contributed by atoms with Gasteiger partial charge >= 0.3 is 6.36 Å². The van der Waals surface area contributed by atoms with Crippen LogP contribution in [0.25, 0.3) is 17.2 Å². The molecular formula is C15H12F3N5O. The van der Waals surface area contributed by atoms with Crippen LogP contribution in [0.2, 0.25) is 0 Å². The number of benzene rings is 1. The maximum absolute atomic E-state index is 12.2. The van der Waals surface area contributed by atoms with Crippen molar-refractivity contribution in [2.45, 2.75) is 13.3 Å². The van der Waals surface area contributed by atoms with Gasteiger partial charge in [-0.15, -0.1) is 18.3 Å². The molecule has 6 nitrogen and oxygen atoms in total. The molecule has 2 heterocycles. The van der Waals surface area contributed by atoms with E-state index in [-0.39, 0.29) is 11.7 Å². The number of nitrogen functional groups attached to an aromatic ring is 1. The Hall–Kier alpha value is -3.10. The number of rotatable bonds is 3. The van der Waals surface area contributed by atoms with Gasteiger partial charge in [-0.1, -0.05) is 6.07 Å². The molecule has 0 aliphatic rings. The molecule has 124 valence electrons. The lowest BCUT2D eigenvalue weighted by Gasteiger charge is -2.09. The third-order valence-corrected chi connectivity index (χ3v) is 3.17. The van der Waals surface area contributed by atoms with Crippen molar-refractivity contribution < 1.29 is 17.9 Å². The number of ether oxygens (including phenoxy) is 1. The number of alkyl halides is 3. The predicted octanol–water partition coefficient (Wildman–Crippen LogP) is 3.12. The number of aryl methyl sites for hydroxylation is 1. The molecule has 9 heteroatoms. The Morgan fingerprint density at radius 1 is 1.12 bits per heavy atom. The second-order valence-corrected chi connectivity index (χ2v) is 4.92. The van der Waals surface area contributed by atoms with Crippen molar-refractivity contribution in [1.29, 1.82) is 0 Å². The molecule has 2 N–H and O–H groups in total. The van der Waals surface area contributed by atoms with E-state index in [1.54, 1.807) is 12.3 Å². The van der Waals surface area contributed by atoms with Gasteiger partial charge in [0.05, 0.1) is 5.69 Å². The minimum Gasteiger partial charge on any atom is -0.406 e. The molecule has 2 aromatic heterocycles. The smallest absolute Gasteiger partial charge is 0.406 e. The summed E-state index contributed by atoms with van der Waals surface area (Å²) in [5, 5.41) is 4.27. The first-order chi connectivity index (χ1) is 11.3. The van der Waals surface area contributed by atoms with Crippen LogP contribution in [0.1, 0.15) is 5.56 Å². The van der Waals surface area contributed by atoms with Gasteiger partial charge in [-0.3, -0.25) is 4.98 Å². The second-order valence-electron chi connectivity index (χ2n) is 4.92. The fourth-order valence-electron chi connectivity index (χ4n) is 2.12. The van der Waals surface area contributed by atoms with Crippen molar-refractivity contribution in [2.75, 3.05) is 5.73 Å².